The Kier molecular flexibility index (Phi) is 5.19. The van der Waals surface area contributed by atoms with Crippen molar-refractivity contribution in [3.8, 4) is 11.5 Å². The topological polar surface area (TPSA) is 67.9 Å². The summed E-state index contributed by atoms with van der Waals surface area (Å²) in [7, 11) is 0. The van der Waals surface area contributed by atoms with Crippen LogP contribution in [0.15, 0.2) is 65.7 Å². The molecule has 0 unspecified atom stereocenters. The Balaban J connectivity index is 1.52. The van der Waals surface area contributed by atoms with E-state index in [4.69, 9.17) is 9.47 Å². The molecule has 7 heteroatoms. The molecule has 0 bridgehead atoms. The molecule has 3 aromatic rings. The number of amides is 2. The van der Waals surface area contributed by atoms with Crippen LogP contribution < -0.4 is 19.7 Å². The second kappa shape index (κ2) is 8.16. The van der Waals surface area contributed by atoms with Gasteiger partial charge in [0.05, 0.1) is 11.3 Å². The monoisotopic (exact) mass is 446 g/mol. The van der Waals surface area contributed by atoms with Gasteiger partial charge in [0.15, 0.2) is 11.5 Å². The van der Waals surface area contributed by atoms with Crippen LogP contribution in [0.1, 0.15) is 30.2 Å². The van der Waals surface area contributed by atoms with E-state index in [1.54, 1.807) is 12.1 Å². The zero-order valence-electron chi connectivity index (χ0n) is 17.8. The second-order valence-corrected chi connectivity index (χ2v) is 8.85. The van der Waals surface area contributed by atoms with Crippen LogP contribution in [0.3, 0.4) is 0 Å². The zero-order valence-corrected chi connectivity index (χ0v) is 18.6. The van der Waals surface area contributed by atoms with Crippen molar-refractivity contribution in [2.75, 3.05) is 23.4 Å². The lowest BCUT2D eigenvalue weighted by molar-refractivity contribution is -0.120. The van der Waals surface area contributed by atoms with Crippen molar-refractivity contribution >= 4 is 40.1 Å². The van der Waals surface area contributed by atoms with E-state index in [1.165, 1.54) is 16.2 Å². The van der Waals surface area contributed by atoms with Gasteiger partial charge in [-0.3, -0.25) is 9.59 Å². The van der Waals surface area contributed by atoms with Crippen LogP contribution >= 0.6 is 11.3 Å². The van der Waals surface area contributed by atoms with Crippen LogP contribution in [-0.4, -0.2) is 25.0 Å². The summed E-state index contributed by atoms with van der Waals surface area (Å²) in [4.78, 5) is 28.9. The summed E-state index contributed by atoms with van der Waals surface area (Å²) in [6, 6.07) is 16.7. The zero-order chi connectivity index (χ0) is 22.2. The minimum atomic E-state index is -0.384. The van der Waals surface area contributed by atoms with E-state index in [2.05, 4.69) is 19.2 Å². The summed E-state index contributed by atoms with van der Waals surface area (Å²) < 4.78 is 11.2. The van der Waals surface area contributed by atoms with Crippen LogP contribution in [0.2, 0.25) is 0 Å². The first-order valence-electron chi connectivity index (χ1n) is 10.5. The standard InChI is InChI=1S/C25H22N2O4S/c1-15(2)16-5-8-18(9-6-16)27-24(28)22(21-4-3-13-32-21)23(25(27)29)26-17-7-10-19-20(14-17)31-12-11-30-19/h3-10,13-15,26H,11-12H2,1-2H3. The fraction of sp³-hybridized carbons (Fsp3) is 0.200. The highest BCUT2D eigenvalue weighted by Gasteiger charge is 2.40. The highest BCUT2D eigenvalue weighted by atomic mass is 32.1. The quantitative estimate of drug-likeness (QED) is 0.556. The third-order valence-corrected chi connectivity index (χ3v) is 6.37. The molecule has 0 fully saturated rings. The Morgan fingerprint density at radius 2 is 1.69 bits per heavy atom. The lowest BCUT2D eigenvalue weighted by Crippen LogP contribution is -2.32. The number of ether oxygens (including phenoxy) is 2. The minimum Gasteiger partial charge on any atom is -0.486 e. The van der Waals surface area contributed by atoms with E-state index < -0.39 is 0 Å². The molecule has 32 heavy (non-hydrogen) atoms. The van der Waals surface area contributed by atoms with E-state index >= 15 is 0 Å². The van der Waals surface area contributed by atoms with Gasteiger partial charge < -0.3 is 14.8 Å². The predicted molar refractivity (Wildman–Crippen MR) is 125 cm³/mol. The van der Waals surface area contributed by atoms with Gasteiger partial charge in [-0.15, -0.1) is 11.3 Å². The van der Waals surface area contributed by atoms with Gasteiger partial charge in [-0.05, 0) is 47.2 Å². The third-order valence-electron chi connectivity index (χ3n) is 5.48. The molecule has 2 aliphatic heterocycles. The maximum atomic E-state index is 13.5. The van der Waals surface area contributed by atoms with Crippen molar-refractivity contribution in [2.24, 2.45) is 0 Å². The average molecular weight is 447 g/mol. The minimum absolute atomic E-state index is 0.252. The lowest BCUT2D eigenvalue weighted by Gasteiger charge is -2.19. The van der Waals surface area contributed by atoms with Gasteiger partial charge in [-0.25, -0.2) is 4.90 Å². The number of hydrogen-bond donors (Lipinski definition) is 1. The Hall–Kier alpha value is -3.58. The highest BCUT2D eigenvalue weighted by Crippen LogP contribution is 2.38. The Bertz CT molecular complexity index is 1210. The van der Waals surface area contributed by atoms with E-state index in [-0.39, 0.29) is 17.5 Å². The van der Waals surface area contributed by atoms with Gasteiger partial charge in [-0.2, -0.15) is 0 Å². The van der Waals surface area contributed by atoms with E-state index in [9.17, 15) is 9.59 Å². The molecule has 0 saturated carbocycles. The number of nitrogens with zero attached hydrogens (tertiary/aromatic N) is 1. The van der Waals surface area contributed by atoms with Crippen molar-refractivity contribution in [1.82, 2.24) is 0 Å². The molecular formula is C25H22N2O4S. The number of carbonyl (C=O) groups is 2. The smallest absolute Gasteiger partial charge is 0.282 e. The molecule has 0 atom stereocenters. The van der Waals surface area contributed by atoms with Gasteiger partial charge in [0.25, 0.3) is 11.8 Å². The van der Waals surface area contributed by atoms with Gasteiger partial charge in [-0.1, -0.05) is 32.0 Å². The number of hydrogen-bond acceptors (Lipinski definition) is 6. The van der Waals surface area contributed by atoms with E-state index in [0.29, 0.717) is 47.6 Å². The molecule has 2 amide bonds. The predicted octanol–water partition coefficient (Wildman–Crippen LogP) is 5.04. The number of rotatable bonds is 5. The molecule has 2 aromatic carbocycles. The van der Waals surface area contributed by atoms with Crippen molar-refractivity contribution in [2.45, 2.75) is 19.8 Å². The normalized spacial score (nSPS) is 15.7. The van der Waals surface area contributed by atoms with Crippen molar-refractivity contribution in [1.29, 1.82) is 0 Å². The van der Waals surface area contributed by atoms with Gasteiger partial charge >= 0.3 is 0 Å². The third kappa shape index (κ3) is 3.54. The van der Waals surface area contributed by atoms with Gasteiger partial charge in [0.2, 0.25) is 0 Å². The number of nitrogens with one attached hydrogen (secondary N) is 1. The molecule has 0 spiro atoms. The maximum Gasteiger partial charge on any atom is 0.282 e. The highest BCUT2D eigenvalue weighted by molar-refractivity contribution is 7.11. The van der Waals surface area contributed by atoms with Crippen LogP contribution in [0, 0.1) is 0 Å². The molecule has 2 aliphatic rings. The Labute approximate surface area is 190 Å². The Morgan fingerprint density at radius 3 is 2.38 bits per heavy atom. The van der Waals surface area contributed by atoms with Crippen molar-refractivity contribution < 1.29 is 19.1 Å². The summed E-state index contributed by atoms with van der Waals surface area (Å²) >= 11 is 1.42. The summed E-state index contributed by atoms with van der Waals surface area (Å²) in [6.45, 7) is 5.18. The SMILES string of the molecule is CC(C)c1ccc(N2C(=O)C(Nc3ccc4c(c3)OCCO4)=C(c3cccs3)C2=O)cc1. The van der Waals surface area contributed by atoms with Crippen LogP contribution in [0.5, 0.6) is 11.5 Å². The molecule has 0 aliphatic carbocycles. The first kappa shape index (κ1) is 20.3. The number of benzene rings is 2. The Morgan fingerprint density at radius 1 is 0.938 bits per heavy atom. The lowest BCUT2D eigenvalue weighted by atomic mass is 10.0. The summed E-state index contributed by atoms with van der Waals surface area (Å²) in [6.07, 6.45) is 0. The number of carbonyl (C=O) groups excluding carboxylic acids is 2. The largest absolute Gasteiger partial charge is 0.486 e. The summed E-state index contributed by atoms with van der Waals surface area (Å²) in [5, 5.41) is 5.07. The molecule has 6 nitrogen and oxygen atoms in total. The molecule has 5 rings (SSSR count). The summed E-state index contributed by atoms with van der Waals surface area (Å²) in [5.74, 6) is 0.911. The van der Waals surface area contributed by atoms with Crippen molar-refractivity contribution in [3.05, 3.63) is 76.1 Å². The van der Waals surface area contributed by atoms with Crippen LogP contribution in [0.4, 0.5) is 11.4 Å². The molecule has 162 valence electrons. The van der Waals surface area contributed by atoms with Crippen LogP contribution in [0.25, 0.3) is 5.57 Å². The number of anilines is 2. The molecule has 1 N–H and O–H groups in total. The molecule has 1 aromatic heterocycles. The molecule has 3 heterocycles. The van der Waals surface area contributed by atoms with Crippen molar-refractivity contribution in [3.63, 3.8) is 0 Å². The molecule has 0 saturated heterocycles. The fourth-order valence-electron chi connectivity index (χ4n) is 3.80. The van der Waals surface area contributed by atoms with E-state index in [1.807, 2.05) is 47.8 Å². The maximum absolute atomic E-state index is 13.5. The number of thiophene rings is 1. The van der Waals surface area contributed by atoms with E-state index in [0.717, 1.165) is 10.4 Å². The molecular weight excluding hydrogens is 424 g/mol. The first-order valence-corrected chi connectivity index (χ1v) is 11.3. The van der Waals surface area contributed by atoms with Gasteiger partial charge in [0.1, 0.15) is 18.9 Å². The number of imide groups is 1. The first-order chi connectivity index (χ1) is 15.5. The van der Waals surface area contributed by atoms with Crippen LogP contribution in [-0.2, 0) is 9.59 Å². The number of fused-ring (bicyclic) bond motifs is 1. The average Bonchev–Trinajstić information content (AvgIpc) is 3.40. The second-order valence-electron chi connectivity index (χ2n) is 7.90. The van der Waals surface area contributed by atoms with Gasteiger partial charge in [0, 0.05) is 16.6 Å². The summed E-state index contributed by atoms with van der Waals surface area (Å²) in [5.41, 5.74) is 2.97. The molecule has 0 radical (unpaired) electrons. The fourth-order valence-corrected chi connectivity index (χ4v) is 4.57.